The Balaban J connectivity index is 1.76. The predicted octanol–water partition coefficient (Wildman–Crippen LogP) is 2.44. The van der Waals surface area contributed by atoms with Gasteiger partial charge in [0.15, 0.2) is 0 Å². The Morgan fingerprint density at radius 3 is 2.75 bits per heavy atom. The summed E-state index contributed by atoms with van der Waals surface area (Å²) in [5.41, 5.74) is 1.13. The van der Waals surface area contributed by atoms with Crippen LogP contribution in [0.5, 0.6) is 5.75 Å². The number of hydrogen-bond donors (Lipinski definition) is 1. The minimum Gasteiger partial charge on any atom is -0.492 e. The van der Waals surface area contributed by atoms with Crippen LogP contribution in [-0.2, 0) is 6.54 Å². The fourth-order valence-corrected chi connectivity index (χ4v) is 2.30. The zero-order chi connectivity index (χ0) is 14.4. The van der Waals surface area contributed by atoms with Crippen LogP contribution in [0.15, 0.2) is 18.3 Å². The molecule has 1 aromatic rings. The van der Waals surface area contributed by atoms with Gasteiger partial charge in [-0.15, -0.1) is 0 Å². The molecule has 0 aromatic carbocycles. The average Bonchev–Trinajstić information content (AvgIpc) is 2.89. The predicted molar refractivity (Wildman–Crippen MR) is 82.0 cm³/mol. The van der Waals surface area contributed by atoms with Crippen LogP contribution in [0.2, 0.25) is 0 Å². The lowest BCUT2D eigenvalue weighted by molar-refractivity contribution is 0.237. The Hall–Kier alpha value is -1.13. The first-order chi connectivity index (χ1) is 9.53. The second-order valence-electron chi connectivity index (χ2n) is 6.48. The summed E-state index contributed by atoms with van der Waals surface area (Å²) >= 11 is 0. The number of aromatic nitrogens is 1. The lowest BCUT2D eigenvalue weighted by Crippen LogP contribution is -2.35. The summed E-state index contributed by atoms with van der Waals surface area (Å²) in [5.74, 6) is 0.921. The van der Waals surface area contributed by atoms with Crippen molar-refractivity contribution in [2.75, 3.05) is 26.2 Å². The number of likely N-dealkylation sites (tertiary alicyclic amines) is 1. The molecule has 1 N–H and O–H groups in total. The fourth-order valence-electron chi connectivity index (χ4n) is 2.30. The Morgan fingerprint density at radius 1 is 1.30 bits per heavy atom. The van der Waals surface area contributed by atoms with Crippen molar-refractivity contribution in [1.82, 2.24) is 15.2 Å². The van der Waals surface area contributed by atoms with Crippen LogP contribution in [0.25, 0.3) is 0 Å². The number of nitrogens with zero attached hydrogens (tertiary/aromatic N) is 2. The van der Waals surface area contributed by atoms with E-state index >= 15 is 0 Å². The number of pyridine rings is 1. The molecular formula is C16H27N3O. The molecular weight excluding hydrogens is 250 g/mol. The lowest BCUT2D eigenvalue weighted by atomic mass is 10.1. The van der Waals surface area contributed by atoms with E-state index in [0.717, 1.165) is 31.1 Å². The van der Waals surface area contributed by atoms with Crippen molar-refractivity contribution in [3.8, 4) is 5.75 Å². The van der Waals surface area contributed by atoms with Crippen LogP contribution >= 0.6 is 0 Å². The number of ether oxygens (including phenoxy) is 1. The molecule has 0 unspecified atom stereocenters. The van der Waals surface area contributed by atoms with Crippen molar-refractivity contribution < 1.29 is 4.74 Å². The van der Waals surface area contributed by atoms with Gasteiger partial charge in [-0.25, -0.2) is 0 Å². The lowest BCUT2D eigenvalue weighted by Gasteiger charge is -2.20. The molecule has 2 heterocycles. The Bertz CT molecular complexity index is 408. The molecule has 4 nitrogen and oxygen atoms in total. The molecule has 4 heteroatoms. The first-order valence-corrected chi connectivity index (χ1v) is 7.58. The van der Waals surface area contributed by atoms with E-state index in [2.05, 4.69) is 36.0 Å². The van der Waals surface area contributed by atoms with Crippen LogP contribution in [0.1, 0.15) is 39.3 Å². The second-order valence-corrected chi connectivity index (χ2v) is 6.48. The second kappa shape index (κ2) is 7.04. The van der Waals surface area contributed by atoms with Crippen LogP contribution in [0.3, 0.4) is 0 Å². The quantitative estimate of drug-likeness (QED) is 0.866. The molecule has 1 aliphatic rings. The van der Waals surface area contributed by atoms with Gasteiger partial charge in [-0.05, 0) is 52.8 Å². The summed E-state index contributed by atoms with van der Waals surface area (Å²) < 4.78 is 5.83. The summed E-state index contributed by atoms with van der Waals surface area (Å²) in [4.78, 5) is 6.84. The van der Waals surface area contributed by atoms with Crippen molar-refractivity contribution in [2.45, 2.75) is 45.7 Å². The molecule has 112 valence electrons. The Morgan fingerprint density at radius 2 is 2.05 bits per heavy atom. The minimum atomic E-state index is 0.105. The van der Waals surface area contributed by atoms with Gasteiger partial charge in [0.2, 0.25) is 0 Å². The molecule has 0 radical (unpaired) electrons. The van der Waals surface area contributed by atoms with Crippen molar-refractivity contribution in [2.24, 2.45) is 0 Å². The van der Waals surface area contributed by atoms with E-state index in [9.17, 15) is 0 Å². The van der Waals surface area contributed by atoms with Crippen LogP contribution in [-0.4, -0.2) is 41.7 Å². The van der Waals surface area contributed by atoms with E-state index in [1.807, 2.05) is 18.3 Å². The van der Waals surface area contributed by atoms with E-state index < -0.39 is 0 Å². The van der Waals surface area contributed by atoms with Gasteiger partial charge in [0.05, 0.1) is 5.69 Å². The largest absolute Gasteiger partial charge is 0.492 e. The smallest absolute Gasteiger partial charge is 0.122 e. The van der Waals surface area contributed by atoms with Crippen LogP contribution in [0, 0.1) is 0 Å². The topological polar surface area (TPSA) is 37.4 Å². The fraction of sp³-hybridized carbons (Fsp3) is 0.688. The molecule has 0 amide bonds. The average molecular weight is 277 g/mol. The minimum absolute atomic E-state index is 0.105. The highest BCUT2D eigenvalue weighted by Crippen LogP contribution is 2.13. The third-order valence-electron chi connectivity index (χ3n) is 3.46. The molecule has 0 bridgehead atoms. The SMILES string of the molecule is CC(C)(C)NCc1cc(OCCN2CCCC2)ccn1. The summed E-state index contributed by atoms with van der Waals surface area (Å²) in [6, 6.07) is 3.97. The highest BCUT2D eigenvalue weighted by atomic mass is 16.5. The van der Waals surface area contributed by atoms with Crippen LogP contribution in [0.4, 0.5) is 0 Å². The molecule has 0 atom stereocenters. The first kappa shape index (κ1) is 15.3. The van der Waals surface area contributed by atoms with E-state index in [4.69, 9.17) is 4.74 Å². The molecule has 1 aromatic heterocycles. The summed E-state index contributed by atoms with van der Waals surface area (Å²) in [6.07, 6.45) is 4.49. The highest BCUT2D eigenvalue weighted by molar-refractivity contribution is 5.22. The first-order valence-electron chi connectivity index (χ1n) is 7.58. The van der Waals surface area contributed by atoms with Gasteiger partial charge in [-0.3, -0.25) is 9.88 Å². The number of nitrogens with one attached hydrogen (secondary N) is 1. The summed E-state index contributed by atoms with van der Waals surface area (Å²) in [5, 5.41) is 3.44. The zero-order valence-electron chi connectivity index (χ0n) is 13.0. The van der Waals surface area contributed by atoms with Gasteiger partial charge in [-0.2, -0.15) is 0 Å². The number of rotatable bonds is 6. The van der Waals surface area contributed by atoms with E-state index in [1.165, 1.54) is 25.9 Å². The maximum Gasteiger partial charge on any atom is 0.122 e. The molecule has 20 heavy (non-hydrogen) atoms. The van der Waals surface area contributed by atoms with Gasteiger partial charge >= 0.3 is 0 Å². The van der Waals surface area contributed by atoms with Gasteiger partial charge in [0.25, 0.3) is 0 Å². The van der Waals surface area contributed by atoms with Crippen molar-refractivity contribution >= 4 is 0 Å². The maximum absolute atomic E-state index is 5.83. The number of hydrogen-bond acceptors (Lipinski definition) is 4. The molecule has 2 rings (SSSR count). The maximum atomic E-state index is 5.83. The third-order valence-corrected chi connectivity index (χ3v) is 3.46. The Kier molecular flexibility index (Phi) is 5.38. The summed E-state index contributed by atoms with van der Waals surface area (Å²) in [7, 11) is 0. The molecule has 0 aliphatic carbocycles. The van der Waals surface area contributed by atoms with Crippen molar-refractivity contribution in [1.29, 1.82) is 0 Å². The molecule has 1 aliphatic heterocycles. The molecule has 0 spiro atoms. The van der Waals surface area contributed by atoms with Crippen LogP contribution < -0.4 is 10.1 Å². The standard InChI is InChI=1S/C16H27N3O/c1-16(2,3)18-13-14-12-15(6-7-17-14)20-11-10-19-8-4-5-9-19/h6-7,12,18H,4-5,8-11,13H2,1-3H3. The highest BCUT2D eigenvalue weighted by Gasteiger charge is 2.11. The van der Waals surface area contributed by atoms with Crippen molar-refractivity contribution in [3.05, 3.63) is 24.0 Å². The Labute approximate surface area is 122 Å². The monoisotopic (exact) mass is 277 g/mol. The third kappa shape index (κ3) is 5.47. The van der Waals surface area contributed by atoms with E-state index in [1.54, 1.807) is 0 Å². The van der Waals surface area contributed by atoms with Gasteiger partial charge in [0.1, 0.15) is 12.4 Å². The van der Waals surface area contributed by atoms with Gasteiger partial charge in [-0.1, -0.05) is 0 Å². The van der Waals surface area contributed by atoms with Gasteiger partial charge in [0, 0.05) is 30.9 Å². The summed E-state index contributed by atoms with van der Waals surface area (Å²) in [6.45, 7) is 11.5. The zero-order valence-corrected chi connectivity index (χ0v) is 13.0. The van der Waals surface area contributed by atoms with Gasteiger partial charge < -0.3 is 10.1 Å². The van der Waals surface area contributed by atoms with E-state index in [-0.39, 0.29) is 5.54 Å². The molecule has 1 fully saturated rings. The molecule has 0 saturated carbocycles. The van der Waals surface area contributed by atoms with Crippen molar-refractivity contribution in [3.63, 3.8) is 0 Å². The normalized spacial score (nSPS) is 16.6. The van der Waals surface area contributed by atoms with E-state index in [0.29, 0.717) is 0 Å². The molecule has 1 saturated heterocycles.